The van der Waals surface area contributed by atoms with Gasteiger partial charge in [-0.2, -0.15) is 0 Å². The summed E-state index contributed by atoms with van der Waals surface area (Å²) in [4.78, 5) is 13.9. The van der Waals surface area contributed by atoms with E-state index in [0.717, 1.165) is 46.0 Å². The van der Waals surface area contributed by atoms with Gasteiger partial charge in [-0.05, 0) is 66.2 Å². The summed E-state index contributed by atoms with van der Waals surface area (Å²) < 4.78 is 15.9. The average Bonchev–Trinajstić information content (AvgIpc) is 2.82. The minimum absolute atomic E-state index is 0.00907. The lowest BCUT2D eigenvalue weighted by molar-refractivity contribution is 0.158. The molecule has 0 saturated heterocycles. The van der Waals surface area contributed by atoms with Crippen molar-refractivity contribution in [3.63, 3.8) is 0 Å². The van der Waals surface area contributed by atoms with Gasteiger partial charge in [0.1, 0.15) is 17.1 Å². The molecular formula is C29H30INO3. The third kappa shape index (κ3) is 4.19. The van der Waals surface area contributed by atoms with Gasteiger partial charge in [-0.15, -0.1) is 0 Å². The van der Waals surface area contributed by atoms with Gasteiger partial charge in [-0.1, -0.05) is 59.7 Å². The predicted molar refractivity (Wildman–Crippen MR) is 151 cm³/mol. The first-order valence-electron chi connectivity index (χ1n) is 12.0. The lowest BCUT2D eigenvalue weighted by atomic mass is 9.97. The molecule has 0 bridgehead atoms. The number of alkyl halides is 1. The van der Waals surface area contributed by atoms with E-state index in [0.29, 0.717) is 23.1 Å². The molecule has 0 aliphatic carbocycles. The molecule has 1 aromatic heterocycles. The van der Waals surface area contributed by atoms with Gasteiger partial charge in [0.05, 0.1) is 23.0 Å². The number of pyridine rings is 1. The van der Waals surface area contributed by atoms with Crippen molar-refractivity contribution in [2.24, 2.45) is 7.05 Å². The summed E-state index contributed by atoms with van der Waals surface area (Å²) in [5, 5.41) is 3.52. The van der Waals surface area contributed by atoms with Gasteiger partial charge < -0.3 is 14.0 Å². The molecule has 0 spiro atoms. The van der Waals surface area contributed by atoms with Gasteiger partial charge in [0, 0.05) is 24.1 Å². The van der Waals surface area contributed by atoms with Crippen LogP contribution in [0.25, 0.3) is 38.7 Å². The SMILES string of the molecule is Cn1c2cc3ccccc3cc2c(=O)c2c(OCCCCCCI)cc3c(c21)C=CC(C)(C)O3. The summed E-state index contributed by atoms with van der Waals surface area (Å²) in [5.41, 5.74) is 2.29. The summed E-state index contributed by atoms with van der Waals surface area (Å²) in [6, 6.07) is 14.2. The highest BCUT2D eigenvalue weighted by atomic mass is 127. The van der Waals surface area contributed by atoms with Crippen LogP contribution in [0.3, 0.4) is 0 Å². The van der Waals surface area contributed by atoms with Crippen LogP contribution in [0.2, 0.25) is 0 Å². The Morgan fingerprint density at radius 3 is 2.53 bits per heavy atom. The van der Waals surface area contributed by atoms with Gasteiger partial charge in [0.15, 0.2) is 0 Å². The molecule has 4 aromatic rings. The zero-order valence-corrected chi connectivity index (χ0v) is 22.1. The van der Waals surface area contributed by atoms with E-state index < -0.39 is 5.60 Å². The van der Waals surface area contributed by atoms with Crippen LogP contribution in [0, 0.1) is 0 Å². The number of halogens is 1. The van der Waals surface area contributed by atoms with E-state index in [1.807, 2.05) is 45.2 Å². The zero-order chi connectivity index (χ0) is 23.9. The standard InChI is InChI=1S/C29H30INO3/c1-29(2)13-12-21-24(34-29)18-25(33-15-9-5-4-8-14-30)26-27(21)31(3)23-17-20-11-7-6-10-19(20)16-22(23)28(26)32/h6-7,10-13,16-18H,4-5,8-9,14-15H2,1-3H3. The molecule has 3 aromatic carbocycles. The minimum atomic E-state index is -0.413. The Morgan fingerprint density at radius 2 is 1.76 bits per heavy atom. The fourth-order valence-electron chi connectivity index (χ4n) is 4.84. The van der Waals surface area contributed by atoms with Crippen LogP contribution in [-0.4, -0.2) is 21.2 Å². The Morgan fingerprint density at radius 1 is 1.03 bits per heavy atom. The maximum Gasteiger partial charge on any atom is 0.201 e. The molecule has 34 heavy (non-hydrogen) atoms. The number of ether oxygens (including phenoxy) is 2. The molecule has 5 heteroatoms. The number of fused-ring (bicyclic) bond motifs is 5. The second kappa shape index (κ2) is 9.25. The van der Waals surface area contributed by atoms with E-state index in [2.05, 4.69) is 57.5 Å². The molecule has 1 aliphatic heterocycles. The van der Waals surface area contributed by atoms with Crippen LogP contribution in [0.1, 0.15) is 45.1 Å². The molecule has 0 atom stereocenters. The molecule has 0 fully saturated rings. The van der Waals surface area contributed by atoms with Crippen molar-refractivity contribution < 1.29 is 9.47 Å². The summed E-state index contributed by atoms with van der Waals surface area (Å²) in [6.45, 7) is 4.67. The maximum absolute atomic E-state index is 13.9. The second-order valence-corrected chi connectivity index (χ2v) is 10.7. The van der Waals surface area contributed by atoms with Crippen molar-refractivity contribution in [3.05, 3.63) is 64.3 Å². The highest BCUT2D eigenvalue weighted by Crippen LogP contribution is 2.41. The highest BCUT2D eigenvalue weighted by molar-refractivity contribution is 14.1. The van der Waals surface area contributed by atoms with Crippen LogP contribution >= 0.6 is 22.6 Å². The number of rotatable bonds is 7. The average molecular weight is 567 g/mol. The highest BCUT2D eigenvalue weighted by Gasteiger charge is 2.27. The van der Waals surface area contributed by atoms with Crippen molar-refractivity contribution in [1.82, 2.24) is 4.57 Å². The van der Waals surface area contributed by atoms with Crippen molar-refractivity contribution in [3.8, 4) is 11.5 Å². The molecule has 0 unspecified atom stereocenters. The third-order valence-electron chi connectivity index (χ3n) is 6.61. The molecule has 1 aliphatic rings. The first-order valence-corrected chi connectivity index (χ1v) is 13.5. The minimum Gasteiger partial charge on any atom is -0.493 e. The lowest BCUT2D eigenvalue weighted by Gasteiger charge is -2.29. The van der Waals surface area contributed by atoms with Gasteiger partial charge in [0.2, 0.25) is 5.43 Å². The Hall–Kier alpha value is -2.54. The van der Waals surface area contributed by atoms with Gasteiger partial charge in [-0.3, -0.25) is 4.79 Å². The number of benzene rings is 3. The fourth-order valence-corrected chi connectivity index (χ4v) is 5.38. The van der Waals surface area contributed by atoms with E-state index in [4.69, 9.17) is 9.47 Å². The molecule has 0 radical (unpaired) electrons. The Labute approximate surface area is 213 Å². The van der Waals surface area contributed by atoms with Crippen molar-refractivity contribution in [1.29, 1.82) is 0 Å². The van der Waals surface area contributed by atoms with Crippen LogP contribution in [-0.2, 0) is 7.05 Å². The Bertz CT molecular complexity index is 1480. The van der Waals surface area contributed by atoms with Crippen LogP contribution in [0.15, 0.2) is 53.3 Å². The van der Waals surface area contributed by atoms with Crippen LogP contribution in [0.4, 0.5) is 0 Å². The van der Waals surface area contributed by atoms with E-state index in [-0.39, 0.29) is 5.43 Å². The normalized spacial score (nSPS) is 14.5. The van der Waals surface area contributed by atoms with E-state index in [1.54, 1.807) is 0 Å². The van der Waals surface area contributed by atoms with Crippen LogP contribution in [0.5, 0.6) is 11.5 Å². The third-order valence-corrected chi connectivity index (χ3v) is 7.37. The molecular weight excluding hydrogens is 537 g/mol. The van der Waals surface area contributed by atoms with Crippen molar-refractivity contribution in [2.45, 2.75) is 45.1 Å². The largest absolute Gasteiger partial charge is 0.493 e. The number of aryl methyl sites for hydroxylation is 1. The Balaban J connectivity index is 1.72. The maximum atomic E-state index is 13.9. The summed E-state index contributed by atoms with van der Waals surface area (Å²) >= 11 is 2.42. The number of unbranched alkanes of at least 4 members (excludes halogenated alkanes) is 3. The summed E-state index contributed by atoms with van der Waals surface area (Å²) in [6.07, 6.45) is 8.68. The fraction of sp³-hybridized carbons (Fsp3) is 0.345. The van der Waals surface area contributed by atoms with Crippen molar-refractivity contribution >= 4 is 61.2 Å². The number of nitrogens with zero attached hydrogens (tertiary/aromatic N) is 1. The van der Waals surface area contributed by atoms with E-state index >= 15 is 0 Å². The summed E-state index contributed by atoms with van der Waals surface area (Å²) in [5.74, 6) is 1.37. The predicted octanol–water partition coefficient (Wildman–Crippen LogP) is 7.40. The number of hydrogen-bond acceptors (Lipinski definition) is 3. The topological polar surface area (TPSA) is 40.5 Å². The quantitative estimate of drug-likeness (QED) is 0.101. The number of aromatic nitrogens is 1. The van der Waals surface area contributed by atoms with E-state index in [1.165, 1.54) is 17.3 Å². The smallest absolute Gasteiger partial charge is 0.201 e. The molecule has 0 amide bonds. The monoisotopic (exact) mass is 567 g/mol. The zero-order valence-electron chi connectivity index (χ0n) is 20.0. The van der Waals surface area contributed by atoms with E-state index in [9.17, 15) is 4.79 Å². The van der Waals surface area contributed by atoms with Crippen molar-refractivity contribution in [2.75, 3.05) is 11.0 Å². The Kier molecular flexibility index (Phi) is 6.32. The molecule has 176 valence electrons. The molecule has 0 N–H and O–H groups in total. The van der Waals surface area contributed by atoms with Gasteiger partial charge in [-0.25, -0.2) is 0 Å². The molecule has 5 rings (SSSR count). The number of hydrogen-bond donors (Lipinski definition) is 0. The summed E-state index contributed by atoms with van der Waals surface area (Å²) in [7, 11) is 2.03. The van der Waals surface area contributed by atoms with Crippen LogP contribution < -0.4 is 14.9 Å². The first kappa shape index (κ1) is 23.2. The van der Waals surface area contributed by atoms with Gasteiger partial charge in [0.25, 0.3) is 0 Å². The molecule has 0 saturated carbocycles. The first-order chi connectivity index (χ1) is 16.4. The lowest BCUT2D eigenvalue weighted by Crippen LogP contribution is -2.28. The second-order valence-electron chi connectivity index (χ2n) is 9.61. The molecule has 4 nitrogen and oxygen atoms in total. The van der Waals surface area contributed by atoms with Gasteiger partial charge >= 0.3 is 0 Å². The molecule has 2 heterocycles.